The van der Waals surface area contributed by atoms with Crippen molar-refractivity contribution in [1.82, 2.24) is 25.2 Å². The molecule has 0 fully saturated rings. The molecule has 14 nitrogen and oxygen atoms in total. The fraction of sp³-hybridized carbons (Fsp3) is 0.419. The Bertz CT molecular complexity index is 1970. The number of rotatable bonds is 23. The highest BCUT2D eigenvalue weighted by Gasteiger charge is 2.30. The van der Waals surface area contributed by atoms with Crippen LogP contribution in [-0.4, -0.2) is 109 Å². The number of aliphatic carboxylic acids is 1. The van der Waals surface area contributed by atoms with Crippen molar-refractivity contribution in [3.8, 4) is 11.1 Å². The lowest BCUT2D eigenvalue weighted by Gasteiger charge is -2.28. The van der Waals surface area contributed by atoms with E-state index in [4.69, 9.17) is 14.2 Å². The predicted molar refractivity (Wildman–Crippen MR) is 214 cm³/mol. The molecular weight excluding hydrogens is 730 g/mol. The average Bonchev–Trinajstić information content (AvgIpc) is 3.72. The van der Waals surface area contributed by atoms with E-state index in [2.05, 4.69) is 34.9 Å². The van der Waals surface area contributed by atoms with Crippen LogP contribution in [0.1, 0.15) is 61.8 Å². The Hall–Kier alpha value is -5.57. The van der Waals surface area contributed by atoms with Crippen molar-refractivity contribution in [2.75, 3.05) is 53.7 Å². The van der Waals surface area contributed by atoms with Gasteiger partial charge in [0, 0.05) is 70.2 Å². The number of ketones is 1. The number of carboxylic acids is 1. The first-order valence-corrected chi connectivity index (χ1v) is 19.3. The lowest BCUT2D eigenvalue weighted by atomic mass is 9.98. The van der Waals surface area contributed by atoms with Gasteiger partial charge in [-0.15, -0.1) is 0 Å². The molecule has 4 aromatic rings. The van der Waals surface area contributed by atoms with Crippen LogP contribution < -0.4 is 10.6 Å². The second-order valence-electron chi connectivity index (χ2n) is 14.1. The molecule has 0 aliphatic heterocycles. The third-order valence-electron chi connectivity index (χ3n) is 10.00. The number of amides is 3. The molecule has 14 heteroatoms. The van der Waals surface area contributed by atoms with Crippen molar-refractivity contribution in [1.29, 1.82) is 0 Å². The van der Waals surface area contributed by atoms with E-state index >= 15 is 0 Å². The first kappa shape index (κ1) is 42.6. The molecule has 0 saturated carbocycles. The van der Waals surface area contributed by atoms with Crippen LogP contribution in [0.25, 0.3) is 22.0 Å². The van der Waals surface area contributed by atoms with E-state index in [1.165, 1.54) is 11.9 Å². The Balaban J connectivity index is 1.13. The molecule has 0 spiro atoms. The summed E-state index contributed by atoms with van der Waals surface area (Å²) in [6.45, 7) is 3.83. The van der Waals surface area contributed by atoms with Gasteiger partial charge in [-0.2, -0.15) is 0 Å². The fourth-order valence-electron chi connectivity index (χ4n) is 6.96. The zero-order chi connectivity index (χ0) is 40.7. The maximum atomic E-state index is 13.4. The molecule has 0 unspecified atom stereocenters. The molecule has 304 valence electrons. The molecule has 5 rings (SSSR count). The zero-order valence-corrected chi connectivity index (χ0v) is 32.9. The van der Waals surface area contributed by atoms with Gasteiger partial charge in [-0.25, -0.2) is 14.8 Å². The van der Waals surface area contributed by atoms with Crippen molar-refractivity contribution >= 4 is 40.6 Å². The molecule has 57 heavy (non-hydrogen) atoms. The molecule has 1 aromatic heterocycles. The predicted octanol–water partition coefficient (Wildman–Crippen LogP) is 5.13. The van der Waals surface area contributed by atoms with E-state index in [9.17, 15) is 29.1 Å². The normalized spacial score (nSPS) is 12.6. The number of aryl methyl sites for hydroxylation is 1. The molecule has 1 heterocycles. The monoisotopic (exact) mass is 783 g/mol. The lowest BCUT2D eigenvalue weighted by molar-refractivity contribution is -0.138. The number of hydrogen-bond acceptors (Lipinski definition) is 9. The fourth-order valence-corrected chi connectivity index (χ4v) is 6.96. The number of fused-ring (bicyclic) bond motifs is 4. The van der Waals surface area contributed by atoms with Gasteiger partial charge in [0.05, 0.1) is 26.4 Å². The number of nitrogens with zero attached hydrogens (tertiary/aromatic N) is 3. The molecular formula is C43H53N5O9. The summed E-state index contributed by atoms with van der Waals surface area (Å²) in [6, 6.07) is 25.1. The van der Waals surface area contributed by atoms with Gasteiger partial charge in [0.1, 0.15) is 18.4 Å². The summed E-state index contributed by atoms with van der Waals surface area (Å²) in [6.07, 6.45) is 0.269. The number of aromatic nitrogens is 1. The van der Waals surface area contributed by atoms with Gasteiger partial charge in [-0.3, -0.25) is 14.4 Å². The Kier molecular flexibility index (Phi) is 15.8. The van der Waals surface area contributed by atoms with E-state index in [-0.39, 0.29) is 57.3 Å². The van der Waals surface area contributed by atoms with E-state index < -0.39 is 29.9 Å². The number of ether oxygens (including phenoxy) is 3. The first-order chi connectivity index (χ1) is 27.5. The number of carbonyl (C=O) groups is 5. The third kappa shape index (κ3) is 12.0. The van der Waals surface area contributed by atoms with Gasteiger partial charge in [0.2, 0.25) is 11.8 Å². The van der Waals surface area contributed by atoms with Gasteiger partial charge in [-0.1, -0.05) is 66.7 Å². The number of hydrogen-bond donors (Lipinski definition) is 3. The van der Waals surface area contributed by atoms with Gasteiger partial charge in [0.25, 0.3) is 0 Å². The van der Waals surface area contributed by atoms with Crippen LogP contribution in [0.4, 0.5) is 4.79 Å². The number of nitrogens with one attached hydrogen (secondary N) is 2. The maximum Gasteiger partial charge on any atom is 0.424 e. The van der Waals surface area contributed by atoms with Crippen molar-refractivity contribution in [3.63, 3.8) is 0 Å². The Morgan fingerprint density at radius 3 is 2.16 bits per heavy atom. The van der Waals surface area contributed by atoms with Crippen LogP contribution in [0.3, 0.4) is 0 Å². The second-order valence-corrected chi connectivity index (χ2v) is 14.1. The Morgan fingerprint density at radius 2 is 1.47 bits per heavy atom. The summed E-state index contributed by atoms with van der Waals surface area (Å²) in [7, 11) is 3.45. The minimum atomic E-state index is -1.08. The molecule has 0 saturated heterocycles. The highest BCUT2D eigenvalue weighted by atomic mass is 16.6. The number of para-hydroxylation sites is 1. The molecule has 3 aromatic carbocycles. The summed E-state index contributed by atoms with van der Waals surface area (Å²) in [5.74, 6) is -1.94. The van der Waals surface area contributed by atoms with Crippen LogP contribution in [-0.2, 0) is 46.5 Å². The van der Waals surface area contributed by atoms with Gasteiger partial charge in [0.15, 0.2) is 0 Å². The largest absolute Gasteiger partial charge is 0.481 e. The number of hydrazine groups is 1. The second kappa shape index (κ2) is 21.1. The third-order valence-corrected chi connectivity index (χ3v) is 10.00. The smallest absolute Gasteiger partial charge is 0.424 e. The molecule has 0 bridgehead atoms. The quantitative estimate of drug-likeness (QED) is 0.0678. The summed E-state index contributed by atoms with van der Waals surface area (Å²) >= 11 is 0. The highest BCUT2D eigenvalue weighted by molar-refractivity contribution is 5.88. The molecule has 3 amide bonds. The van der Waals surface area contributed by atoms with Crippen molar-refractivity contribution in [3.05, 3.63) is 95.7 Å². The molecule has 0 radical (unpaired) electrons. The van der Waals surface area contributed by atoms with Crippen molar-refractivity contribution in [2.24, 2.45) is 0 Å². The topological polar surface area (TPSA) is 169 Å². The number of benzene rings is 3. The van der Waals surface area contributed by atoms with Crippen molar-refractivity contribution < 1.29 is 43.3 Å². The van der Waals surface area contributed by atoms with E-state index in [1.54, 1.807) is 19.1 Å². The Morgan fingerprint density at radius 1 is 0.825 bits per heavy atom. The lowest BCUT2D eigenvalue weighted by Crippen LogP contribution is -2.47. The minimum absolute atomic E-state index is 0.0178. The molecule has 3 N–H and O–H groups in total. The van der Waals surface area contributed by atoms with E-state index in [1.807, 2.05) is 59.2 Å². The minimum Gasteiger partial charge on any atom is -0.481 e. The van der Waals surface area contributed by atoms with Gasteiger partial charge >= 0.3 is 12.1 Å². The summed E-state index contributed by atoms with van der Waals surface area (Å²) in [4.78, 5) is 62.0. The molecule has 1 atom stereocenters. The first-order valence-electron chi connectivity index (χ1n) is 19.3. The summed E-state index contributed by atoms with van der Waals surface area (Å²) < 4.78 is 18.8. The summed E-state index contributed by atoms with van der Waals surface area (Å²) in [5, 5.41) is 18.9. The zero-order valence-electron chi connectivity index (χ0n) is 32.9. The number of carboxylic acid groups (broad SMARTS) is 1. The SMILES string of the molecule is CC(=O)CCCOCCOCCNC(=O)[C@H](CCC(=O)O)NC(=O)CCn1c(CN(C)N(C)C(=O)OCC2c3ccccc3-c3ccccc32)cc2ccccc21. The van der Waals surface area contributed by atoms with Crippen LogP contribution in [0.2, 0.25) is 0 Å². The maximum absolute atomic E-state index is 13.4. The van der Waals surface area contributed by atoms with Crippen LogP contribution in [0.5, 0.6) is 0 Å². The molecule has 1 aliphatic carbocycles. The average molecular weight is 784 g/mol. The van der Waals surface area contributed by atoms with Crippen LogP contribution >= 0.6 is 0 Å². The van der Waals surface area contributed by atoms with Crippen LogP contribution in [0.15, 0.2) is 78.9 Å². The molecule has 1 aliphatic rings. The number of Topliss-reactive ketones (excluding diaryl/α,β-unsaturated/α-hetero) is 1. The van der Waals surface area contributed by atoms with Crippen LogP contribution in [0, 0.1) is 0 Å². The van der Waals surface area contributed by atoms with E-state index in [0.29, 0.717) is 39.2 Å². The Labute approximate surface area is 333 Å². The standard InChI is InChI=1S/C43H53N5O9/c1-30(49)11-10-23-55-25-26-56-24-21-44-42(53)38(18-19-41(51)52)45-40(50)20-22-48-32(27-31-12-4-9-17-39(31)48)28-46(2)47(3)43(54)57-29-37-35-15-7-5-13-33(35)34-14-6-8-16-36(34)37/h4-9,12-17,27,37-38H,10-11,18-26,28-29H2,1-3H3,(H,44,53)(H,45,50)(H,51,52)/t38-/m0/s1. The number of carbonyl (C=O) groups excluding carboxylic acids is 4. The van der Waals surface area contributed by atoms with Crippen molar-refractivity contribution in [2.45, 2.75) is 64.1 Å². The van der Waals surface area contributed by atoms with E-state index in [0.717, 1.165) is 38.9 Å². The summed E-state index contributed by atoms with van der Waals surface area (Å²) in [5.41, 5.74) is 6.32. The van der Waals surface area contributed by atoms with Gasteiger partial charge in [-0.05, 0) is 59.5 Å². The highest BCUT2D eigenvalue weighted by Crippen LogP contribution is 2.44. The van der Waals surface area contributed by atoms with Gasteiger partial charge < -0.3 is 39.3 Å².